The van der Waals surface area contributed by atoms with E-state index < -0.39 is 0 Å². The van der Waals surface area contributed by atoms with Gasteiger partial charge in [-0.1, -0.05) is 0 Å². The Labute approximate surface area is 181 Å². The van der Waals surface area contributed by atoms with Crippen LogP contribution in [-0.2, 0) is 13.1 Å². The Morgan fingerprint density at radius 3 is 1.60 bits per heavy atom. The van der Waals surface area contributed by atoms with Crippen LogP contribution in [0.1, 0.15) is 37.1 Å². The van der Waals surface area contributed by atoms with E-state index in [9.17, 15) is 0 Å². The highest BCUT2D eigenvalue weighted by Crippen LogP contribution is 2.32. The lowest BCUT2D eigenvalue weighted by atomic mass is 10.0. The van der Waals surface area contributed by atoms with E-state index in [2.05, 4.69) is 82.0 Å². The monoisotopic (exact) mass is 408 g/mol. The molecule has 4 rings (SSSR count). The van der Waals surface area contributed by atoms with Crippen molar-refractivity contribution in [1.29, 1.82) is 0 Å². The lowest BCUT2D eigenvalue weighted by Crippen LogP contribution is -2.45. The Balaban J connectivity index is 1.45. The number of hydrogen-bond acceptors (Lipinski definition) is 6. The minimum atomic E-state index is 0.620. The van der Waals surface area contributed by atoms with Gasteiger partial charge in [-0.15, -0.1) is 0 Å². The van der Waals surface area contributed by atoms with Gasteiger partial charge in [-0.2, -0.15) is 0 Å². The highest BCUT2D eigenvalue weighted by Gasteiger charge is 2.37. The van der Waals surface area contributed by atoms with E-state index in [0.717, 1.165) is 13.1 Å². The van der Waals surface area contributed by atoms with Crippen molar-refractivity contribution in [3.8, 4) is 0 Å². The van der Waals surface area contributed by atoms with Crippen LogP contribution in [0.2, 0.25) is 0 Å². The average Bonchev–Trinajstić information content (AvgIpc) is 3.37. The average molecular weight is 409 g/mol. The van der Waals surface area contributed by atoms with Gasteiger partial charge in [0.15, 0.2) is 0 Å². The van der Waals surface area contributed by atoms with Gasteiger partial charge in [0, 0.05) is 77.1 Å². The van der Waals surface area contributed by atoms with Crippen LogP contribution in [0, 0.1) is 0 Å². The highest BCUT2D eigenvalue weighted by atomic mass is 15.3. The first-order valence-electron chi connectivity index (χ1n) is 11.2. The Morgan fingerprint density at radius 1 is 0.767 bits per heavy atom. The molecule has 0 aliphatic carbocycles. The number of likely N-dealkylation sites (tertiary alicyclic amines) is 2. The summed E-state index contributed by atoms with van der Waals surface area (Å²) in [6.07, 6.45) is 9.05. The van der Waals surface area contributed by atoms with Crippen molar-refractivity contribution in [1.82, 2.24) is 19.8 Å². The fourth-order valence-electron chi connectivity index (χ4n) is 5.04. The van der Waals surface area contributed by atoms with Crippen molar-refractivity contribution in [2.45, 2.75) is 50.9 Å². The van der Waals surface area contributed by atoms with Crippen LogP contribution >= 0.6 is 0 Å². The molecule has 6 heteroatoms. The summed E-state index contributed by atoms with van der Waals surface area (Å²) in [4.78, 5) is 19.0. The van der Waals surface area contributed by atoms with Crippen molar-refractivity contribution in [3.05, 3.63) is 48.0 Å². The van der Waals surface area contributed by atoms with Gasteiger partial charge in [0.25, 0.3) is 0 Å². The molecule has 2 aliphatic heterocycles. The first-order valence-corrected chi connectivity index (χ1v) is 11.2. The second-order valence-corrected chi connectivity index (χ2v) is 9.16. The van der Waals surface area contributed by atoms with Gasteiger partial charge in [0.05, 0.1) is 11.4 Å². The third-order valence-corrected chi connectivity index (χ3v) is 6.64. The number of anilines is 2. The summed E-state index contributed by atoms with van der Waals surface area (Å²) in [5, 5.41) is 0. The molecule has 2 fully saturated rings. The SMILES string of the molecule is CN(C)c1ccnc(CN2CCC[C@@H]2[C@H]2CCCN2Cc2cc(N(C)C)ccn2)c1. The lowest BCUT2D eigenvalue weighted by molar-refractivity contribution is 0.122. The minimum Gasteiger partial charge on any atom is -0.378 e. The van der Waals surface area contributed by atoms with Gasteiger partial charge in [0.2, 0.25) is 0 Å². The largest absolute Gasteiger partial charge is 0.378 e. The van der Waals surface area contributed by atoms with Gasteiger partial charge < -0.3 is 9.80 Å². The van der Waals surface area contributed by atoms with E-state index in [1.807, 2.05) is 12.4 Å². The molecule has 0 saturated carbocycles. The third-order valence-electron chi connectivity index (χ3n) is 6.64. The van der Waals surface area contributed by atoms with Crippen molar-refractivity contribution < 1.29 is 0 Å². The Bertz CT molecular complexity index is 766. The van der Waals surface area contributed by atoms with E-state index in [4.69, 9.17) is 0 Å². The first kappa shape index (κ1) is 21.1. The molecule has 0 radical (unpaired) electrons. The summed E-state index contributed by atoms with van der Waals surface area (Å²) in [5.74, 6) is 0. The third kappa shape index (κ3) is 4.76. The number of hydrogen-bond donors (Lipinski definition) is 0. The van der Waals surface area contributed by atoms with Crippen molar-refractivity contribution in [2.24, 2.45) is 0 Å². The molecule has 2 aliphatic rings. The summed E-state index contributed by atoms with van der Waals surface area (Å²) >= 11 is 0. The number of pyridine rings is 2. The van der Waals surface area contributed by atoms with Crippen molar-refractivity contribution in [2.75, 3.05) is 51.1 Å². The second-order valence-electron chi connectivity index (χ2n) is 9.16. The maximum Gasteiger partial charge on any atom is 0.0564 e. The maximum atomic E-state index is 4.66. The predicted molar refractivity (Wildman–Crippen MR) is 124 cm³/mol. The Kier molecular flexibility index (Phi) is 6.54. The molecule has 0 aromatic carbocycles. The molecule has 4 heterocycles. The van der Waals surface area contributed by atoms with Crippen molar-refractivity contribution >= 4 is 11.4 Å². The molecule has 2 aromatic rings. The van der Waals surface area contributed by atoms with Crippen LogP contribution in [0.25, 0.3) is 0 Å². The van der Waals surface area contributed by atoms with Crippen LogP contribution in [-0.4, -0.2) is 73.1 Å². The summed E-state index contributed by atoms with van der Waals surface area (Å²) < 4.78 is 0. The van der Waals surface area contributed by atoms with Crippen LogP contribution in [0.3, 0.4) is 0 Å². The summed E-state index contributed by atoms with van der Waals surface area (Å²) in [6.45, 7) is 4.25. The van der Waals surface area contributed by atoms with Crippen LogP contribution in [0.5, 0.6) is 0 Å². The smallest absolute Gasteiger partial charge is 0.0564 e. The van der Waals surface area contributed by atoms with E-state index in [1.165, 1.54) is 61.5 Å². The second kappa shape index (κ2) is 9.31. The molecule has 0 unspecified atom stereocenters. The van der Waals surface area contributed by atoms with E-state index >= 15 is 0 Å². The predicted octanol–water partition coefficient (Wildman–Crippen LogP) is 3.24. The number of aromatic nitrogens is 2. The van der Waals surface area contributed by atoms with E-state index in [1.54, 1.807) is 0 Å². The molecular weight excluding hydrogens is 372 g/mol. The van der Waals surface area contributed by atoms with Gasteiger partial charge >= 0.3 is 0 Å². The van der Waals surface area contributed by atoms with Gasteiger partial charge in [0.1, 0.15) is 0 Å². The molecule has 6 nitrogen and oxygen atoms in total. The molecule has 2 atom stereocenters. The fraction of sp³-hybridized carbons (Fsp3) is 0.583. The lowest BCUT2D eigenvalue weighted by Gasteiger charge is -2.35. The zero-order chi connectivity index (χ0) is 21.1. The van der Waals surface area contributed by atoms with Gasteiger partial charge in [-0.05, 0) is 63.0 Å². The zero-order valence-corrected chi connectivity index (χ0v) is 19.0. The normalized spacial score (nSPS) is 22.5. The minimum absolute atomic E-state index is 0.620. The molecule has 0 N–H and O–H groups in total. The first-order chi connectivity index (χ1) is 14.5. The molecule has 0 spiro atoms. The molecule has 30 heavy (non-hydrogen) atoms. The number of nitrogens with zero attached hydrogens (tertiary/aromatic N) is 6. The molecule has 2 aromatic heterocycles. The van der Waals surface area contributed by atoms with E-state index in [-0.39, 0.29) is 0 Å². The summed E-state index contributed by atoms with van der Waals surface area (Å²) in [6, 6.07) is 9.87. The van der Waals surface area contributed by atoms with Crippen LogP contribution in [0.15, 0.2) is 36.7 Å². The maximum absolute atomic E-state index is 4.66. The Morgan fingerprint density at radius 2 is 1.20 bits per heavy atom. The fourth-order valence-corrected chi connectivity index (χ4v) is 5.04. The summed E-state index contributed by atoms with van der Waals surface area (Å²) in [5.41, 5.74) is 4.81. The quantitative estimate of drug-likeness (QED) is 0.700. The van der Waals surface area contributed by atoms with Gasteiger partial charge in [-0.25, -0.2) is 0 Å². The highest BCUT2D eigenvalue weighted by molar-refractivity contribution is 5.45. The topological polar surface area (TPSA) is 38.7 Å². The van der Waals surface area contributed by atoms with E-state index in [0.29, 0.717) is 12.1 Å². The van der Waals surface area contributed by atoms with Crippen molar-refractivity contribution in [3.63, 3.8) is 0 Å². The van der Waals surface area contributed by atoms with Gasteiger partial charge in [-0.3, -0.25) is 19.8 Å². The number of rotatable bonds is 7. The molecule has 0 bridgehead atoms. The molecule has 0 amide bonds. The molecule has 2 saturated heterocycles. The van der Waals surface area contributed by atoms with Crippen LogP contribution < -0.4 is 9.80 Å². The summed E-state index contributed by atoms with van der Waals surface area (Å²) in [7, 11) is 8.36. The Hall–Kier alpha value is -2.18. The standard InChI is InChI=1S/C24H36N6/c1-27(2)21-9-11-25-19(15-21)17-29-13-5-7-23(29)24-8-6-14-30(24)18-20-16-22(28(3)4)10-12-26-20/h9-12,15-16,23-24H,5-8,13-14,17-18H2,1-4H3/t23-,24-/m1/s1. The van der Waals surface area contributed by atoms with Crippen LogP contribution in [0.4, 0.5) is 11.4 Å². The molecular formula is C24H36N6. The molecule has 162 valence electrons. The zero-order valence-electron chi connectivity index (χ0n) is 19.0.